The van der Waals surface area contributed by atoms with Crippen LogP contribution in [0.25, 0.3) is 10.9 Å². The van der Waals surface area contributed by atoms with E-state index in [1.54, 1.807) is 6.07 Å². The normalized spacial score (nSPS) is 13.5. The van der Waals surface area contributed by atoms with Crippen LogP contribution in [0.15, 0.2) is 47.6 Å². The Labute approximate surface area is 173 Å². The molecule has 1 aliphatic heterocycles. The number of hydrogen-bond acceptors (Lipinski definition) is 6. The predicted molar refractivity (Wildman–Crippen MR) is 117 cm³/mol. The second-order valence-corrected chi connectivity index (χ2v) is 7.83. The molecule has 29 heavy (non-hydrogen) atoms. The lowest BCUT2D eigenvalue weighted by Crippen LogP contribution is -2.10. The summed E-state index contributed by atoms with van der Waals surface area (Å²) in [6, 6.07) is 13.3. The number of hydrogen-bond donors (Lipinski definition) is 2. The third-order valence-corrected chi connectivity index (χ3v) is 5.66. The minimum Gasteiger partial charge on any atom is -0.370 e. The molecule has 0 saturated carbocycles. The molecule has 1 aliphatic rings. The Morgan fingerprint density at radius 3 is 2.90 bits per heavy atom. The minimum atomic E-state index is 0.0233. The van der Waals surface area contributed by atoms with Gasteiger partial charge in [0.2, 0.25) is 5.91 Å². The Kier molecular flexibility index (Phi) is 5.76. The van der Waals surface area contributed by atoms with Gasteiger partial charge in [0.05, 0.1) is 11.3 Å². The number of carbonyl (C=O) groups excluding carboxylic acids is 2. The third-order valence-electron chi connectivity index (χ3n) is 4.81. The molecule has 0 radical (unpaired) electrons. The summed E-state index contributed by atoms with van der Waals surface area (Å²) in [5, 5.41) is 7.72. The Morgan fingerprint density at radius 1 is 1.17 bits per heavy atom. The van der Waals surface area contributed by atoms with E-state index in [0.717, 1.165) is 47.4 Å². The van der Waals surface area contributed by atoms with Gasteiger partial charge in [0.15, 0.2) is 10.9 Å². The summed E-state index contributed by atoms with van der Waals surface area (Å²) in [6.07, 6.45) is 2.10. The van der Waals surface area contributed by atoms with E-state index >= 15 is 0 Å². The molecule has 0 bridgehead atoms. The second kappa shape index (κ2) is 8.61. The van der Waals surface area contributed by atoms with Gasteiger partial charge >= 0.3 is 0 Å². The van der Waals surface area contributed by atoms with E-state index in [-0.39, 0.29) is 17.4 Å². The summed E-state index contributed by atoms with van der Waals surface area (Å²) in [7, 11) is 0. The number of nitrogens with zero attached hydrogens (tertiary/aromatic N) is 2. The maximum atomic E-state index is 12.7. The lowest BCUT2D eigenvalue weighted by Gasteiger charge is -2.10. The molecular weight excluding hydrogens is 384 g/mol. The first-order chi connectivity index (χ1) is 14.1. The van der Waals surface area contributed by atoms with E-state index in [4.69, 9.17) is 0 Å². The van der Waals surface area contributed by atoms with E-state index in [0.29, 0.717) is 17.1 Å². The molecule has 2 aromatic carbocycles. The number of nitrogens with one attached hydrogen (secondary N) is 2. The molecule has 1 amide bonds. The maximum Gasteiger partial charge on any atom is 0.224 e. The molecule has 0 spiro atoms. The highest BCUT2D eigenvalue weighted by atomic mass is 32.2. The van der Waals surface area contributed by atoms with E-state index in [1.807, 2.05) is 43.3 Å². The highest BCUT2D eigenvalue weighted by molar-refractivity contribution is 7.99. The largest absolute Gasteiger partial charge is 0.370 e. The van der Waals surface area contributed by atoms with Gasteiger partial charge in [-0.05, 0) is 55.7 Å². The van der Waals surface area contributed by atoms with Gasteiger partial charge in [-0.3, -0.25) is 9.59 Å². The monoisotopic (exact) mass is 406 g/mol. The highest BCUT2D eigenvalue weighted by Crippen LogP contribution is 2.26. The molecule has 148 valence electrons. The van der Waals surface area contributed by atoms with Crippen molar-refractivity contribution in [1.82, 2.24) is 9.97 Å². The smallest absolute Gasteiger partial charge is 0.224 e. The van der Waals surface area contributed by atoms with Crippen molar-refractivity contribution in [3.05, 3.63) is 53.6 Å². The predicted octanol–water partition coefficient (Wildman–Crippen LogP) is 4.31. The van der Waals surface area contributed by atoms with Crippen molar-refractivity contribution >= 4 is 45.9 Å². The number of carbonyl (C=O) groups is 2. The number of amides is 1. The number of aryl methyl sites for hydroxylation is 1. The van der Waals surface area contributed by atoms with Gasteiger partial charge in [-0.1, -0.05) is 23.9 Å². The Morgan fingerprint density at radius 2 is 2.03 bits per heavy atom. The first-order valence-electron chi connectivity index (χ1n) is 9.73. The zero-order chi connectivity index (χ0) is 20.2. The molecule has 0 saturated heterocycles. The fourth-order valence-corrected chi connectivity index (χ4v) is 4.13. The lowest BCUT2D eigenvalue weighted by molar-refractivity contribution is -0.116. The van der Waals surface area contributed by atoms with Crippen LogP contribution in [-0.2, 0) is 11.2 Å². The van der Waals surface area contributed by atoms with Crippen molar-refractivity contribution in [3.63, 3.8) is 0 Å². The van der Waals surface area contributed by atoms with Crippen LogP contribution < -0.4 is 10.6 Å². The average Bonchev–Trinajstić information content (AvgIpc) is 2.92. The summed E-state index contributed by atoms with van der Waals surface area (Å²) < 4.78 is 0. The molecule has 7 heteroatoms. The number of thioether (sulfide) groups is 1. The van der Waals surface area contributed by atoms with Gasteiger partial charge in [0.1, 0.15) is 5.82 Å². The molecule has 3 aromatic rings. The molecule has 0 unspecified atom stereocenters. The average molecular weight is 407 g/mol. The fraction of sp³-hybridized carbons (Fsp3) is 0.273. The van der Waals surface area contributed by atoms with Crippen LogP contribution in [-0.4, -0.2) is 34.0 Å². The standard InChI is InChI=1S/C22H22N4O2S/c1-2-23-21-16-7-3-4-8-18(16)25-22(26-21)29-13-19(27)15-10-11-17-14(12-15)6-5-9-20(28)24-17/h3-4,7-8,10-12H,2,5-6,9,13H2,1H3,(H,24,28)(H,23,25,26). The van der Waals surface area contributed by atoms with Gasteiger partial charge in [-0.2, -0.15) is 0 Å². The first-order valence-corrected chi connectivity index (χ1v) is 10.7. The van der Waals surface area contributed by atoms with Crippen LogP contribution in [0.3, 0.4) is 0 Å². The molecule has 2 heterocycles. The molecule has 0 aliphatic carbocycles. The number of ketones is 1. The summed E-state index contributed by atoms with van der Waals surface area (Å²) in [5.74, 6) is 1.10. The summed E-state index contributed by atoms with van der Waals surface area (Å²) in [5.41, 5.74) is 3.34. The van der Waals surface area contributed by atoms with Crippen LogP contribution >= 0.6 is 11.8 Å². The van der Waals surface area contributed by atoms with Gasteiger partial charge in [-0.15, -0.1) is 0 Å². The Balaban J connectivity index is 1.51. The summed E-state index contributed by atoms with van der Waals surface area (Å²) in [4.78, 5) is 33.6. The summed E-state index contributed by atoms with van der Waals surface area (Å²) >= 11 is 1.34. The zero-order valence-corrected chi connectivity index (χ0v) is 17.0. The SMILES string of the molecule is CCNc1nc(SCC(=O)c2ccc3c(c2)CCCC(=O)N3)nc2ccccc12. The lowest BCUT2D eigenvalue weighted by atomic mass is 10.0. The van der Waals surface area contributed by atoms with Gasteiger partial charge in [0, 0.05) is 29.6 Å². The number of aromatic nitrogens is 2. The van der Waals surface area contributed by atoms with E-state index < -0.39 is 0 Å². The van der Waals surface area contributed by atoms with Gasteiger partial charge in [-0.25, -0.2) is 9.97 Å². The molecule has 2 N–H and O–H groups in total. The zero-order valence-electron chi connectivity index (χ0n) is 16.2. The fourth-order valence-electron chi connectivity index (χ4n) is 3.38. The van der Waals surface area contributed by atoms with E-state index in [9.17, 15) is 9.59 Å². The van der Waals surface area contributed by atoms with Crippen LogP contribution in [0, 0.1) is 0 Å². The van der Waals surface area contributed by atoms with Crippen molar-refractivity contribution in [2.24, 2.45) is 0 Å². The molecule has 1 aromatic heterocycles. The van der Waals surface area contributed by atoms with E-state index in [2.05, 4.69) is 20.6 Å². The van der Waals surface area contributed by atoms with Gasteiger partial charge in [0.25, 0.3) is 0 Å². The van der Waals surface area contributed by atoms with Crippen LogP contribution in [0.5, 0.6) is 0 Å². The van der Waals surface area contributed by atoms with Crippen molar-refractivity contribution in [2.45, 2.75) is 31.3 Å². The van der Waals surface area contributed by atoms with Crippen molar-refractivity contribution < 1.29 is 9.59 Å². The maximum absolute atomic E-state index is 12.7. The molecule has 4 rings (SSSR count). The van der Waals surface area contributed by atoms with Gasteiger partial charge < -0.3 is 10.6 Å². The van der Waals surface area contributed by atoms with Crippen molar-refractivity contribution in [1.29, 1.82) is 0 Å². The molecule has 6 nitrogen and oxygen atoms in total. The number of anilines is 2. The molecule has 0 atom stereocenters. The van der Waals surface area contributed by atoms with Crippen molar-refractivity contribution in [2.75, 3.05) is 22.9 Å². The van der Waals surface area contributed by atoms with Crippen molar-refractivity contribution in [3.8, 4) is 0 Å². The topological polar surface area (TPSA) is 84.0 Å². The Bertz CT molecular complexity index is 1080. The minimum absolute atomic E-state index is 0.0233. The Hall–Kier alpha value is -2.93. The quantitative estimate of drug-likeness (QED) is 0.360. The third kappa shape index (κ3) is 4.40. The number of Topliss-reactive ketones (excluding diaryl/α,β-unsaturated/α-hetero) is 1. The second-order valence-electron chi connectivity index (χ2n) is 6.89. The number of para-hydroxylation sites is 1. The number of fused-ring (bicyclic) bond motifs is 2. The summed E-state index contributed by atoms with van der Waals surface area (Å²) in [6.45, 7) is 2.78. The van der Waals surface area contributed by atoms with Crippen LogP contribution in [0.2, 0.25) is 0 Å². The van der Waals surface area contributed by atoms with Crippen LogP contribution in [0.1, 0.15) is 35.7 Å². The molecule has 0 fully saturated rings. The number of rotatable bonds is 6. The van der Waals surface area contributed by atoms with Crippen LogP contribution in [0.4, 0.5) is 11.5 Å². The van der Waals surface area contributed by atoms with E-state index in [1.165, 1.54) is 11.8 Å². The molecular formula is C22H22N4O2S. The highest BCUT2D eigenvalue weighted by Gasteiger charge is 2.16. The number of benzene rings is 2. The first kappa shape index (κ1) is 19.4.